The Morgan fingerprint density at radius 3 is 2.55 bits per heavy atom. The molecule has 0 saturated heterocycles. The van der Waals surface area contributed by atoms with E-state index in [9.17, 15) is 0 Å². The van der Waals surface area contributed by atoms with Gasteiger partial charge in [0, 0.05) is 5.92 Å². The van der Waals surface area contributed by atoms with E-state index in [-0.39, 0.29) is 0 Å². The lowest BCUT2D eigenvalue weighted by Gasteiger charge is -2.20. The molecular formula is C9H13NO. The first-order chi connectivity index (χ1) is 5.34. The molecule has 0 heterocycles. The van der Waals surface area contributed by atoms with Crippen LogP contribution in [0.4, 0.5) is 0 Å². The van der Waals surface area contributed by atoms with Crippen LogP contribution in [-0.4, -0.2) is 0 Å². The summed E-state index contributed by atoms with van der Waals surface area (Å²) < 4.78 is 4.69. The van der Waals surface area contributed by atoms with Crippen molar-refractivity contribution in [2.24, 2.45) is 5.92 Å². The summed E-state index contributed by atoms with van der Waals surface area (Å²) in [6.07, 6.45) is 7.76. The fourth-order valence-electron chi connectivity index (χ4n) is 1.57. The van der Waals surface area contributed by atoms with Crippen LogP contribution < -0.4 is 0 Å². The van der Waals surface area contributed by atoms with Crippen LogP contribution in [0, 0.1) is 17.4 Å². The van der Waals surface area contributed by atoms with E-state index in [2.05, 4.69) is 6.58 Å². The smallest absolute Gasteiger partial charge is 0.291 e. The first-order valence-corrected chi connectivity index (χ1v) is 4.09. The van der Waals surface area contributed by atoms with Crippen molar-refractivity contribution in [2.45, 2.75) is 32.1 Å². The van der Waals surface area contributed by atoms with Crippen LogP contribution in [0.25, 0.3) is 0 Å². The van der Waals surface area contributed by atoms with Gasteiger partial charge in [0.2, 0.25) is 0 Å². The van der Waals surface area contributed by atoms with Gasteiger partial charge >= 0.3 is 0 Å². The lowest BCUT2D eigenvalue weighted by Crippen LogP contribution is -2.09. The molecule has 0 radical (unpaired) electrons. The highest BCUT2D eigenvalue weighted by atomic mass is 16.5. The number of allylic oxidation sites excluding steroid dienone is 1. The lowest BCUT2D eigenvalue weighted by molar-refractivity contribution is 0.264. The van der Waals surface area contributed by atoms with Crippen molar-refractivity contribution in [2.75, 3.05) is 0 Å². The summed E-state index contributed by atoms with van der Waals surface area (Å²) in [6, 6.07) is 0. The SMILES string of the molecule is C=C(OC#N)C1CCCCC1. The largest absolute Gasteiger partial charge is 0.393 e. The Labute approximate surface area is 67.5 Å². The molecule has 0 aliphatic heterocycles. The van der Waals surface area contributed by atoms with E-state index < -0.39 is 0 Å². The monoisotopic (exact) mass is 151 g/mol. The molecule has 0 N–H and O–H groups in total. The van der Waals surface area contributed by atoms with Gasteiger partial charge in [0.1, 0.15) is 5.76 Å². The first kappa shape index (κ1) is 8.13. The van der Waals surface area contributed by atoms with Gasteiger partial charge in [-0.1, -0.05) is 25.8 Å². The second-order valence-corrected chi connectivity index (χ2v) is 2.99. The molecule has 0 aromatic rings. The zero-order chi connectivity index (χ0) is 8.10. The van der Waals surface area contributed by atoms with Crippen LogP contribution in [0.5, 0.6) is 0 Å². The maximum absolute atomic E-state index is 8.23. The van der Waals surface area contributed by atoms with Gasteiger partial charge in [-0.25, -0.2) is 0 Å². The highest BCUT2D eigenvalue weighted by Crippen LogP contribution is 2.28. The summed E-state index contributed by atoms with van der Waals surface area (Å²) in [6.45, 7) is 3.72. The van der Waals surface area contributed by atoms with Crippen molar-refractivity contribution in [3.05, 3.63) is 12.3 Å². The van der Waals surface area contributed by atoms with Crippen molar-refractivity contribution >= 4 is 0 Å². The normalized spacial score (nSPS) is 18.8. The minimum absolute atomic E-state index is 0.434. The van der Waals surface area contributed by atoms with Gasteiger partial charge < -0.3 is 4.74 Å². The predicted molar refractivity (Wildman–Crippen MR) is 42.4 cm³/mol. The summed E-state index contributed by atoms with van der Waals surface area (Å²) in [5.41, 5.74) is 0. The molecule has 2 heteroatoms. The highest BCUT2D eigenvalue weighted by molar-refractivity contribution is 4.94. The van der Waals surface area contributed by atoms with Gasteiger partial charge in [0.25, 0.3) is 6.26 Å². The molecule has 1 aliphatic rings. The molecule has 11 heavy (non-hydrogen) atoms. The third-order valence-corrected chi connectivity index (χ3v) is 2.24. The Hall–Kier alpha value is -0.970. The summed E-state index contributed by atoms with van der Waals surface area (Å²) in [4.78, 5) is 0. The third-order valence-electron chi connectivity index (χ3n) is 2.24. The number of nitriles is 1. The molecule has 1 aliphatic carbocycles. The quantitative estimate of drug-likeness (QED) is 0.449. The number of hydrogen-bond acceptors (Lipinski definition) is 2. The van der Waals surface area contributed by atoms with E-state index in [1.54, 1.807) is 6.26 Å². The molecule has 2 nitrogen and oxygen atoms in total. The number of hydrogen-bond donors (Lipinski definition) is 0. The standard InChI is InChI=1S/C9H13NO/c1-8(11-7-10)9-5-3-2-4-6-9/h9H,1-6H2. The molecule has 1 saturated carbocycles. The Morgan fingerprint density at radius 2 is 2.00 bits per heavy atom. The third kappa shape index (κ3) is 2.27. The van der Waals surface area contributed by atoms with Gasteiger partial charge in [0.05, 0.1) is 0 Å². The number of rotatable bonds is 2. The van der Waals surface area contributed by atoms with Gasteiger partial charge in [0.15, 0.2) is 0 Å². The van der Waals surface area contributed by atoms with Crippen molar-refractivity contribution in [1.82, 2.24) is 0 Å². The molecule has 1 rings (SSSR count). The number of ether oxygens (including phenoxy) is 1. The summed E-state index contributed by atoms with van der Waals surface area (Å²) in [5.74, 6) is 1.09. The van der Waals surface area contributed by atoms with Gasteiger partial charge in [-0.05, 0) is 12.8 Å². The van der Waals surface area contributed by atoms with Crippen LogP contribution in [0.1, 0.15) is 32.1 Å². The van der Waals surface area contributed by atoms with E-state index in [1.165, 1.54) is 19.3 Å². The van der Waals surface area contributed by atoms with Gasteiger partial charge in [-0.2, -0.15) is 0 Å². The molecular weight excluding hydrogens is 138 g/mol. The maximum Gasteiger partial charge on any atom is 0.291 e. The Bertz CT molecular complexity index is 174. The zero-order valence-corrected chi connectivity index (χ0v) is 6.68. The summed E-state index contributed by atoms with van der Waals surface area (Å²) in [7, 11) is 0. The predicted octanol–water partition coefficient (Wildman–Crippen LogP) is 2.58. The van der Waals surface area contributed by atoms with Crippen molar-refractivity contribution < 1.29 is 4.74 Å². The fourth-order valence-corrected chi connectivity index (χ4v) is 1.57. The molecule has 1 fully saturated rings. The minimum atomic E-state index is 0.434. The maximum atomic E-state index is 8.23. The van der Waals surface area contributed by atoms with E-state index in [0.717, 1.165) is 12.8 Å². The topological polar surface area (TPSA) is 33.0 Å². The molecule has 0 atom stereocenters. The molecule has 0 spiro atoms. The van der Waals surface area contributed by atoms with E-state index in [0.29, 0.717) is 11.7 Å². The van der Waals surface area contributed by atoms with E-state index >= 15 is 0 Å². The second kappa shape index (κ2) is 4.02. The molecule has 0 aromatic carbocycles. The molecule has 0 aromatic heterocycles. The van der Waals surface area contributed by atoms with E-state index in [1.807, 2.05) is 0 Å². The Morgan fingerprint density at radius 1 is 1.36 bits per heavy atom. The lowest BCUT2D eigenvalue weighted by atomic mass is 9.88. The van der Waals surface area contributed by atoms with Crippen molar-refractivity contribution in [3.63, 3.8) is 0 Å². The van der Waals surface area contributed by atoms with Crippen molar-refractivity contribution in [1.29, 1.82) is 5.26 Å². The van der Waals surface area contributed by atoms with Crippen LogP contribution in [0.2, 0.25) is 0 Å². The zero-order valence-electron chi connectivity index (χ0n) is 6.68. The fraction of sp³-hybridized carbons (Fsp3) is 0.667. The molecule has 60 valence electrons. The average Bonchev–Trinajstić information content (AvgIpc) is 2.07. The minimum Gasteiger partial charge on any atom is -0.393 e. The average molecular weight is 151 g/mol. The summed E-state index contributed by atoms with van der Waals surface area (Å²) in [5, 5.41) is 8.23. The van der Waals surface area contributed by atoms with Crippen molar-refractivity contribution in [3.8, 4) is 6.26 Å². The van der Waals surface area contributed by atoms with Crippen LogP contribution in [-0.2, 0) is 4.74 Å². The molecule has 0 amide bonds. The number of nitrogens with zero attached hydrogens (tertiary/aromatic N) is 1. The Balaban J connectivity index is 2.34. The van der Waals surface area contributed by atoms with E-state index in [4.69, 9.17) is 10.00 Å². The van der Waals surface area contributed by atoms with Gasteiger partial charge in [-0.3, -0.25) is 0 Å². The molecule has 0 unspecified atom stereocenters. The second-order valence-electron chi connectivity index (χ2n) is 2.99. The molecule has 0 bridgehead atoms. The first-order valence-electron chi connectivity index (χ1n) is 4.09. The highest BCUT2D eigenvalue weighted by Gasteiger charge is 2.17. The Kier molecular flexibility index (Phi) is 2.97. The van der Waals surface area contributed by atoms with Gasteiger partial charge in [-0.15, -0.1) is 5.26 Å². The van der Waals surface area contributed by atoms with Crippen LogP contribution in [0.15, 0.2) is 12.3 Å². The van der Waals surface area contributed by atoms with Crippen LogP contribution >= 0.6 is 0 Å². The summed E-state index contributed by atoms with van der Waals surface area (Å²) >= 11 is 0. The van der Waals surface area contributed by atoms with Crippen LogP contribution in [0.3, 0.4) is 0 Å².